The average molecular weight is 323 g/mol. The topological polar surface area (TPSA) is 47.7 Å². The quantitative estimate of drug-likeness (QED) is 0.784. The molecule has 1 N–H and O–H groups in total. The second-order valence-electron chi connectivity index (χ2n) is 6.66. The van der Waals surface area contributed by atoms with Crippen LogP contribution in [0.5, 0.6) is 0 Å². The highest BCUT2D eigenvalue weighted by atomic mass is 15.1. The summed E-state index contributed by atoms with van der Waals surface area (Å²) in [7, 11) is 0. The summed E-state index contributed by atoms with van der Waals surface area (Å²) in [5.74, 6) is 2.87. The van der Waals surface area contributed by atoms with Gasteiger partial charge in [0, 0.05) is 31.7 Å². The SMILES string of the molecule is CCn1c(CNC[C@@H]2CCCn3cc(C)nc32)nc2ccccc21. The van der Waals surface area contributed by atoms with E-state index in [0.717, 1.165) is 43.2 Å². The van der Waals surface area contributed by atoms with Crippen molar-refractivity contribution in [2.45, 2.75) is 52.2 Å². The van der Waals surface area contributed by atoms with Gasteiger partial charge in [0.25, 0.3) is 0 Å². The van der Waals surface area contributed by atoms with Gasteiger partial charge < -0.3 is 14.5 Å². The highest BCUT2D eigenvalue weighted by Gasteiger charge is 2.22. The van der Waals surface area contributed by atoms with Gasteiger partial charge in [0.1, 0.15) is 11.6 Å². The Kier molecular flexibility index (Phi) is 4.10. The van der Waals surface area contributed by atoms with Crippen molar-refractivity contribution < 1.29 is 0 Å². The molecule has 24 heavy (non-hydrogen) atoms. The number of fused-ring (bicyclic) bond motifs is 2. The fourth-order valence-corrected chi connectivity index (χ4v) is 3.87. The molecule has 126 valence electrons. The van der Waals surface area contributed by atoms with Crippen molar-refractivity contribution in [3.05, 3.63) is 47.8 Å². The third-order valence-corrected chi connectivity index (χ3v) is 4.97. The Balaban J connectivity index is 1.47. The van der Waals surface area contributed by atoms with Crippen LogP contribution in [0.25, 0.3) is 11.0 Å². The van der Waals surface area contributed by atoms with Crippen LogP contribution in [0.4, 0.5) is 0 Å². The van der Waals surface area contributed by atoms with Gasteiger partial charge in [-0.25, -0.2) is 9.97 Å². The van der Waals surface area contributed by atoms with E-state index in [9.17, 15) is 0 Å². The van der Waals surface area contributed by atoms with E-state index in [1.54, 1.807) is 0 Å². The molecule has 2 aromatic heterocycles. The fraction of sp³-hybridized carbons (Fsp3) is 0.474. The first kappa shape index (κ1) is 15.4. The second-order valence-corrected chi connectivity index (χ2v) is 6.66. The van der Waals surface area contributed by atoms with Crippen LogP contribution in [0, 0.1) is 6.92 Å². The number of imidazole rings is 2. The Morgan fingerprint density at radius 2 is 2.12 bits per heavy atom. The molecule has 0 bridgehead atoms. The fourth-order valence-electron chi connectivity index (χ4n) is 3.87. The highest BCUT2D eigenvalue weighted by Crippen LogP contribution is 2.26. The Morgan fingerprint density at radius 1 is 1.25 bits per heavy atom. The zero-order valence-corrected chi connectivity index (χ0v) is 14.5. The van der Waals surface area contributed by atoms with E-state index in [1.807, 2.05) is 0 Å². The number of hydrogen-bond donors (Lipinski definition) is 1. The lowest BCUT2D eigenvalue weighted by Crippen LogP contribution is -2.27. The van der Waals surface area contributed by atoms with Gasteiger partial charge >= 0.3 is 0 Å². The Hall–Kier alpha value is -2.14. The maximum absolute atomic E-state index is 4.79. The van der Waals surface area contributed by atoms with E-state index < -0.39 is 0 Å². The Bertz CT molecular complexity index is 845. The van der Waals surface area contributed by atoms with Crippen LogP contribution in [0.15, 0.2) is 30.5 Å². The smallest absolute Gasteiger partial charge is 0.123 e. The van der Waals surface area contributed by atoms with Gasteiger partial charge in [-0.2, -0.15) is 0 Å². The van der Waals surface area contributed by atoms with Crippen molar-refractivity contribution in [3.63, 3.8) is 0 Å². The molecule has 0 amide bonds. The first-order chi connectivity index (χ1) is 11.8. The minimum atomic E-state index is 0.506. The average Bonchev–Trinajstić information content (AvgIpc) is 3.14. The summed E-state index contributed by atoms with van der Waals surface area (Å²) < 4.78 is 4.63. The first-order valence-electron chi connectivity index (χ1n) is 8.94. The van der Waals surface area contributed by atoms with Gasteiger partial charge in [-0.05, 0) is 38.8 Å². The molecule has 1 aliphatic heterocycles. The van der Waals surface area contributed by atoms with E-state index in [4.69, 9.17) is 9.97 Å². The minimum Gasteiger partial charge on any atom is -0.334 e. The first-order valence-corrected chi connectivity index (χ1v) is 8.94. The molecule has 0 spiro atoms. The molecule has 0 fully saturated rings. The van der Waals surface area contributed by atoms with E-state index in [2.05, 4.69) is 58.8 Å². The number of nitrogens with zero attached hydrogens (tertiary/aromatic N) is 4. The molecule has 1 aliphatic rings. The van der Waals surface area contributed by atoms with E-state index in [-0.39, 0.29) is 0 Å². The normalized spacial score (nSPS) is 17.3. The molecule has 0 saturated carbocycles. The van der Waals surface area contributed by atoms with Gasteiger partial charge in [0.2, 0.25) is 0 Å². The lowest BCUT2D eigenvalue weighted by atomic mass is 9.99. The maximum Gasteiger partial charge on any atom is 0.123 e. The molecule has 5 heteroatoms. The monoisotopic (exact) mass is 323 g/mol. The molecule has 3 aromatic rings. The van der Waals surface area contributed by atoms with Crippen molar-refractivity contribution >= 4 is 11.0 Å². The summed E-state index contributed by atoms with van der Waals surface area (Å²) in [5.41, 5.74) is 3.44. The summed E-state index contributed by atoms with van der Waals surface area (Å²) in [6, 6.07) is 8.37. The summed E-state index contributed by atoms with van der Waals surface area (Å²) >= 11 is 0. The highest BCUT2D eigenvalue weighted by molar-refractivity contribution is 5.75. The van der Waals surface area contributed by atoms with Crippen molar-refractivity contribution in [1.82, 2.24) is 24.4 Å². The second kappa shape index (κ2) is 6.40. The number of aryl methyl sites for hydroxylation is 3. The van der Waals surface area contributed by atoms with E-state index in [1.165, 1.54) is 24.2 Å². The van der Waals surface area contributed by atoms with Crippen LogP contribution >= 0.6 is 0 Å². The number of benzene rings is 1. The molecule has 4 rings (SSSR count). The standard InChI is InChI=1S/C19H25N5/c1-3-24-17-9-5-4-8-16(17)22-18(24)12-20-11-15-7-6-10-23-13-14(2)21-19(15)23/h4-5,8-9,13,15,20H,3,6-7,10-12H2,1-2H3/t15-/m0/s1. The van der Waals surface area contributed by atoms with Crippen LogP contribution in [-0.2, 0) is 19.6 Å². The maximum atomic E-state index is 4.79. The molecule has 5 nitrogen and oxygen atoms in total. The molecule has 1 aromatic carbocycles. The zero-order chi connectivity index (χ0) is 16.5. The predicted octanol–water partition coefficient (Wildman–Crippen LogP) is 3.23. The van der Waals surface area contributed by atoms with Crippen LogP contribution in [-0.4, -0.2) is 25.6 Å². The number of aromatic nitrogens is 4. The predicted molar refractivity (Wildman–Crippen MR) is 96.1 cm³/mol. The van der Waals surface area contributed by atoms with Gasteiger partial charge in [0.15, 0.2) is 0 Å². The molecular formula is C19H25N5. The minimum absolute atomic E-state index is 0.506. The Labute approximate surface area is 142 Å². The number of rotatable bonds is 5. The lowest BCUT2D eigenvalue weighted by molar-refractivity contribution is 0.420. The van der Waals surface area contributed by atoms with Crippen molar-refractivity contribution in [2.75, 3.05) is 6.54 Å². The van der Waals surface area contributed by atoms with Crippen molar-refractivity contribution in [2.24, 2.45) is 0 Å². The molecule has 0 aliphatic carbocycles. The van der Waals surface area contributed by atoms with Crippen LogP contribution in [0.2, 0.25) is 0 Å². The van der Waals surface area contributed by atoms with Gasteiger partial charge in [-0.15, -0.1) is 0 Å². The molecule has 0 unspecified atom stereocenters. The third-order valence-electron chi connectivity index (χ3n) is 4.97. The number of nitrogens with one attached hydrogen (secondary N) is 1. The Morgan fingerprint density at radius 3 is 3.00 bits per heavy atom. The summed E-state index contributed by atoms with van der Waals surface area (Å²) in [5, 5.41) is 3.62. The van der Waals surface area contributed by atoms with Crippen molar-refractivity contribution in [3.8, 4) is 0 Å². The van der Waals surface area contributed by atoms with Crippen molar-refractivity contribution in [1.29, 1.82) is 0 Å². The number of para-hydroxylation sites is 2. The van der Waals surface area contributed by atoms with Crippen LogP contribution < -0.4 is 5.32 Å². The van der Waals surface area contributed by atoms with Gasteiger partial charge in [0.05, 0.1) is 23.3 Å². The van der Waals surface area contributed by atoms with Crippen LogP contribution in [0.1, 0.15) is 43.0 Å². The molecule has 3 heterocycles. The van der Waals surface area contributed by atoms with E-state index >= 15 is 0 Å². The summed E-state index contributed by atoms with van der Waals surface area (Å²) in [6.45, 7) is 8.09. The largest absolute Gasteiger partial charge is 0.334 e. The molecule has 0 saturated heterocycles. The third kappa shape index (κ3) is 2.73. The summed E-state index contributed by atoms with van der Waals surface area (Å²) in [4.78, 5) is 9.52. The molecule has 1 atom stereocenters. The molecular weight excluding hydrogens is 298 g/mol. The van der Waals surface area contributed by atoms with E-state index in [0.29, 0.717) is 5.92 Å². The summed E-state index contributed by atoms with van der Waals surface area (Å²) in [6.07, 6.45) is 4.63. The van der Waals surface area contributed by atoms with Gasteiger partial charge in [-0.3, -0.25) is 0 Å². The molecule has 0 radical (unpaired) electrons. The van der Waals surface area contributed by atoms with Gasteiger partial charge in [-0.1, -0.05) is 12.1 Å². The number of hydrogen-bond acceptors (Lipinski definition) is 3. The van der Waals surface area contributed by atoms with Crippen LogP contribution in [0.3, 0.4) is 0 Å². The lowest BCUT2D eigenvalue weighted by Gasteiger charge is -2.23. The zero-order valence-electron chi connectivity index (χ0n) is 14.5.